The summed E-state index contributed by atoms with van der Waals surface area (Å²) in [4.78, 5) is 168. The fourth-order valence-corrected chi connectivity index (χ4v) is 14.6. The summed E-state index contributed by atoms with van der Waals surface area (Å²) in [5, 5.41) is 63.8. The van der Waals surface area contributed by atoms with Gasteiger partial charge in [-0.3, -0.25) is 62.0 Å². The van der Waals surface area contributed by atoms with Gasteiger partial charge in [0, 0.05) is 91.2 Å². The van der Waals surface area contributed by atoms with Gasteiger partial charge >= 0.3 is 12.0 Å². The van der Waals surface area contributed by atoms with Crippen LogP contribution < -0.4 is 64.0 Å². The molecule has 0 aliphatic carbocycles. The summed E-state index contributed by atoms with van der Waals surface area (Å²) in [5.74, 6) is -14.7. The topological polar surface area (TPSA) is 545 Å². The van der Waals surface area contributed by atoms with Crippen molar-refractivity contribution in [1.29, 1.82) is 0 Å². The smallest absolute Gasteiger partial charge is 0.314 e. The third kappa shape index (κ3) is 30.7. The van der Waals surface area contributed by atoms with E-state index in [9.17, 15) is 68.1 Å². The number of thioether (sulfide) groups is 1. The zero-order valence-corrected chi connectivity index (χ0v) is 65.0. The van der Waals surface area contributed by atoms with Crippen LogP contribution >= 0.6 is 11.8 Å². The predicted molar refractivity (Wildman–Crippen MR) is 398 cm³/mol. The van der Waals surface area contributed by atoms with Crippen molar-refractivity contribution in [2.45, 2.75) is 120 Å². The molecule has 1 saturated heterocycles. The number of aromatic amines is 1. The van der Waals surface area contributed by atoms with E-state index in [-0.39, 0.29) is 61.5 Å². The van der Waals surface area contributed by atoms with Gasteiger partial charge in [-0.2, -0.15) is 11.8 Å². The zero-order valence-electron chi connectivity index (χ0n) is 63.4. The van der Waals surface area contributed by atoms with Gasteiger partial charge in [-0.05, 0) is 30.0 Å². The van der Waals surface area contributed by atoms with Gasteiger partial charge in [-0.15, -0.1) is 5.53 Å². The van der Waals surface area contributed by atoms with Crippen LogP contribution in [0.5, 0.6) is 5.75 Å². The molecule has 1 aromatic heterocycles. The molecule has 2 aromatic rings. The van der Waals surface area contributed by atoms with Gasteiger partial charge in [0.25, 0.3) is 0 Å². The summed E-state index contributed by atoms with van der Waals surface area (Å²) < 4.78 is 60.1. The van der Waals surface area contributed by atoms with Crippen LogP contribution in [0, 0.1) is 29.6 Å². The lowest BCUT2D eigenvalue weighted by molar-refractivity contribution is -0.144. The molecule has 39 nitrogen and oxygen atoms in total. The minimum Gasteiger partial charge on any atom is -0.496 e. The first kappa shape index (κ1) is 91.7. The SMILES string of the molecule is CC[C@H](C)[C@@H]1CC(=O)CNC(=O)[C@H]2CC(=O)[C@H]([C@@H](C)[C@@H](O)CO)NC(=O)[C@@H]3C[C@@H](O)CN3C(=O)[C@H](CC(N)=O)NC(=O)[C@H](CS(=O)c3[nH]c4c(CSCCNC(=O)NCCOCCOCCOCCOCCOCCOCCOCCN5C=C(CNC(=O)C(C)CC(=O)O)NN5)c(OC)ccc4c3C2)NC(=O)CNC1=O. The Bertz CT molecular complexity index is 3500. The largest absolute Gasteiger partial charge is 0.496 e. The molecule has 12 atom stereocenters. The molecular weight excluding hydrogens is 1500 g/mol. The maximum absolute atomic E-state index is 15.4. The number of carbonyl (C=O) groups excluding carboxylic acids is 11. The molecule has 111 heavy (non-hydrogen) atoms. The third-order valence-electron chi connectivity index (χ3n) is 18.7. The molecule has 10 amide bonds. The number of carboxylic acids is 1. The van der Waals surface area contributed by atoms with Crippen molar-refractivity contribution in [2.24, 2.45) is 35.3 Å². The maximum Gasteiger partial charge on any atom is 0.314 e. The summed E-state index contributed by atoms with van der Waals surface area (Å²) in [6, 6.07) is -4.26. The first-order chi connectivity index (χ1) is 53.2. The number of Topliss-reactive ketones (excluding diaryl/α,β-unsaturated/α-hetero) is 2. The third-order valence-corrected chi connectivity index (χ3v) is 21.1. The molecule has 622 valence electrons. The Balaban J connectivity index is 0.994. The number of rotatable bonds is 42. The number of ether oxygens (including phenoxy) is 8. The number of hydrazine groups is 2. The number of methoxy groups -OCH3 is 1. The highest BCUT2D eigenvalue weighted by atomic mass is 32.2. The quantitative estimate of drug-likeness (QED) is 0.0279. The van der Waals surface area contributed by atoms with Crippen LogP contribution in [0.2, 0.25) is 0 Å². The first-order valence-electron chi connectivity index (χ1n) is 37.0. The van der Waals surface area contributed by atoms with E-state index in [2.05, 4.69) is 58.5 Å². The van der Waals surface area contributed by atoms with E-state index in [1.54, 1.807) is 44.1 Å². The minimum absolute atomic E-state index is 0.121. The van der Waals surface area contributed by atoms with Crippen molar-refractivity contribution >= 4 is 104 Å². The number of nitrogens with two attached hydrogens (primary N) is 1. The zero-order chi connectivity index (χ0) is 80.9. The maximum atomic E-state index is 15.4. The fraction of sp³-hybridized carbons (Fsp3) is 0.686. The van der Waals surface area contributed by atoms with Gasteiger partial charge < -0.3 is 122 Å². The van der Waals surface area contributed by atoms with Gasteiger partial charge in [0.05, 0.1) is 191 Å². The highest BCUT2D eigenvalue weighted by Crippen LogP contribution is 2.37. The molecule has 0 spiro atoms. The number of ketones is 2. The highest BCUT2D eigenvalue weighted by Gasteiger charge is 2.45. The van der Waals surface area contributed by atoms with Crippen molar-refractivity contribution < 1.29 is 120 Å². The van der Waals surface area contributed by atoms with Crippen LogP contribution in [-0.2, 0) is 109 Å². The Morgan fingerprint density at radius 2 is 1.38 bits per heavy atom. The van der Waals surface area contributed by atoms with E-state index in [0.717, 1.165) is 4.90 Å². The predicted octanol–water partition coefficient (Wildman–Crippen LogP) is -4.39. The standard InChI is InChI=1S/C70H110N14O25S2/c1-6-41(2)49-30-46(86)34-75-64(95)44-28-50-48-7-8-57(102-5)51(39-110-26-10-73-70(100)72-9-12-103-14-16-105-18-20-107-22-24-109-25-23-108-21-19-106-17-15-104-13-11-83-36-45(81-82-83)33-74-63(94)42(3)27-60(92)93)62(48)80-68(50)111(101)40-53(77-59(91)35-76-65(49)96)66(97)78-52(32-58(71)90)69(99)84-37-47(87)31-54(84)67(98)79-61(55(88)29-44)43(4)56(89)38-85/h7-8,36,41-44,47,49,52-54,56,61,80-82,85,87,89H,6,9-35,37-40H2,1-5H3,(H2,71,90)(H,74,94)(H,75,95)(H,76,96)(H,77,91)(H,78,97)(H,79,98)(H,92,93)(H2,72,73,100)/t41-,42?,43-,44+,47+,49-,52-,53-,54-,56-,61-,111?/m0/s1. The van der Waals surface area contributed by atoms with Crippen LogP contribution in [-0.4, -0.2) is 310 Å². The lowest BCUT2D eigenvalue weighted by atomic mass is 9.85. The monoisotopic (exact) mass is 1610 g/mol. The number of carbonyl (C=O) groups is 12. The number of nitrogens with zero attached hydrogens (tertiary/aromatic N) is 2. The lowest BCUT2D eigenvalue weighted by Crippen LogP contribution is -2.60. The average molecular weight is 1610 g/mol. The molecular formula is C70H110N14O25S2. The Morgan fingerprint density at radius 1 is 0.757 bits per heavy atom. The Hall–Kier alpha value is -8.20. The lowest BCUT2D eigenvalue weighted by Gasteiger charge is -2.32. The van der Waals surface area contributed by atoms with E-state index < -0.39 is 206 Å². The molecule has 6 rings (SSSR count). The number of aliphatic hydroxyl groups excluding tert-OH is 3. The number of urea groups is 1. The van der Waals surface area contributed by atoms with E-state index in [0.29, 0.717) is 126 Å². The second-order valence-electron chi connectivity index (χ2n) is 27.0. The number of H-pyrrole nitrogens is 1. The molecule has 2 bridgehead atoms. The normalized spacial score (nSPS) is 22.3. The summed E-state index contributed by atoms with van der Waals surface area (Å²) in [6.45, 7) is 9.62. The Morgan fingerprint density at radius 3 is 1.99 bits per heavy atom. The first-order valence-corrected chi connectivity index (χ1v) is 39.5. The summed E-state index contributed by atoms with van der Waals surface area (Å²) >= 11 is 1.37. The Kier molecular flexibility index (Phi) is 40.2. The number of hydrogen-bond donors (Lipinski definition) is 16. The number of amides is 10. The number of nitrogens with one attached hydrogen (secondary N) is 11. The van der Waals surface area contributed by atoms with Crippen molar-refractivity contribution in [1.82, 2.24) is 68.4 Å². The van der Waals surface area contributed by atoms with Gasteiger partial charge in [0.15, 0.2) is 11.6 Å². The number of carboxylic acid groups (broad SMARTS) is 1. The summed E-state index contributed by atoms with van der Waals surface area (Å²) in [7, 11) is -1.03. The average Bonchev–Trinajstić information content (AvgIpc) is 1.62. The number of primary amides is 1. The second-order valence-corrected chi connectivity index (χ2v) is 29.6. The van der Waals surface area contributed by atoms with E-state index in [1.807, 2.05) is 0 Å². The van der Waals surface area contributed by atoms with Crippen LogP contribution in [0.25, 0.3) is 10.9 Å². The van der Waals surface area contributed by atoms with Crippen LogP contribution in [0.15, 0.2) is 29.1 Å². The van der Waals surface area contributed by atoms with Gasteiger partial charge in [-0.25, -0.2) is 4.79 Å². The number of hydrogen-bond acceptors (Lipinski definition) is 28. The molecule has 0 saturated carbocycles. The second kappa shape index (κ2) is 48.7. The molecule has 2 unspecified atom stereocenters. The van der Waals surface area contributed by atoms with E-state index >= 15 is 9.00 Å². The van der Waals surface area contributed by atoms with Crippen molar-refractivity contribution in [3.63, 3.8) is 0 Å². The van der Waals surface area contributed by atoms with Crippen molar-refractivity contribution in [3.05, 3.63) is 35.2 Å². The van der Waals surface area contributed by atoms with Crippen molar-refractivity contribution in [2.75, 3.05) is 164 Å². The number of benzene rings is 1. The number of fused-ring (bicyclic) bond motifs is 5. The number of aliphatic carboxylic acids is 1. The van der Waals surface area contributed by atoms with Gasteiger partial charge in [0.2, 0.25) is 47.3 Å². The van der Waals surface area contributed by atoms with E-state index in [4.69, 9.17) is 48.7 Å². The molecule has 41 heteroatoms. The minimum atomic E-state index is -2.44. The number of aliphatic hydroxyl groups is 3. The summed E-state index contributed by atoms with van der Waals surface area (Å²) in [6.07, 6.45) is -3.96. The summed E-state index contributed by atoms with van der Waals surface area (Å²) in [5.41, 5.74) is 13.2. The molecule has 1 fully saturated rings. The number of aromatic nitrogens is 1. The van der Waals surface area contributed by atoms with Gasteiger partial charge in [0.1, 0.15) is 28.9 Å². The highest BCUT2D eigenvalue weighted by molar-refractivity contribution is 7.98. The fourth-order valence-electron chi connectivity index (χ4n) is 12.3. The van der Waals surface area contributed by atoms with Gasteiger partial charge in [-0.1, -0.05) is 34.1 Å². The molecule has 1 aromatic carbocycles. The molecule has 4 aliphatic heterocycles. The van der Waals surface area contributed by atoms with Crippen LogP contribution in [0.1, 0.15) is 77.3 Å². The van der Waals surface area contributed by atoms with Crippen LogP contribution in [0.4, 0.5) is 4.79 Å². The molecule has 0 radical (unpaired) electrons. The van der Waals surface area contributed by atoms with Crippen molar-refractivity contribution in [3.8, 4) is 5.75 Å². The van der Waals surface area contributed by atoms with E-state index in [1.165, 1.54) is 25.8 Å². The molecule has 17 N–H and O–H groups in total. The Labute approximate surface area is 649 Å². The molecule has 4 aliphatic rings. The molecule has 5 heterocycles. The van der Waals surface area contributed by atoms with Crippen LogP contribution in [0.3, 0.4) is 0 Å².